The zero-order valence-corrected chi connectivity index (χ0v) is 8.76. The second-order valence-corrected chi connectivity index (χ2v) is 3.70. The van der Waals surface area contributed by atoms with Crippen molar-refractivity contribution < 1.29 is 4.79 Å². The van der Waals surface area contributed by atoms with Crippen LogP contribution in [0.15, 0.2) is 6.20 Å². The molecule has 1 aromatic heterocycles. The van der Waals surface area contributed by atoms with Gasteiger partial charge in [-0.15, -0.1) is 5.10 Å². The molecule has 0 spiro atoms. The van der Waals surface area contributed by atoms with Crippen molar-refractivity contribution in [1.29, 1.82) is 0 Å². The van der Waals surface area contributed by atoms with Crippen molar-refractivity contribution in [2.45, 2.75) is 25.9 Å². The summed E-state index contributed by atoms with van der Waals surface area (Å²) in [6.45, 7) is 3.75. The van der Waals surface area contributed by atoms with E-state index in [9.17, 15) is 4.79 Å². The maximum atomic E-state index is 11.3. The molecule has 6 nitrogen and oxygen atoms in total. The van der Waals surface area contributed by atoms with Crippen molar-refractivity contribution in [2.24, 2.45) is 5.73 Å². The molecule has 0 unspecified atom stereocenters. The maximum Gasteiger partial charge on any atom is 0.222 e. The lowest BCUT2D eigenvalue weighted by atomic mass is 10.1. The SMILES string of the molecule is CCC(=O)N1CC(n2cc(CN)nn2)C1. The van der Waals surface area contributed by atoms with Crippen LogP contribution >= 0.6 is 0 Å². The lowest BCUT2D eigenvalue weighted by Gasteiger charge is -2.38. The summed E-state index contributed by atoms with van der Waals surface area (Å²) in [5.74, 6) is 0.199. The van der Waals surface area contributed by atoms with Crippen LogP contribution < -0.4 is 5.73 Å². The molecule has 1 aliphatic heterocycles. The lowest BCUT2D eigenvalue weighted by molar-refractivity contribution is -0.136. The molecule has 0 atom stereocenters. The van der Waals surface area contributed by atoms with Crippen LogP contribution in [0.4, 0.5) is 0 Å². The fourth-order valence-electron chi connectivity index (χ4n) is 1.64. The molecule has 1 saturated heterocycles. The topological polar surface area (TPSA) is 77.0 Å². The van der Waals surface area contributed by atoms with Crippen LogP contribution in [-0.4, -0.2) is 38.9 Å². The second kappa shape index (κ2) is 3.98. The molecular weight excluding hydrogens is 194 g/mol. The molecule has 0 radical (unpaired) electrons. The van der Waals surface area contributed by atoms with Gasteiger partial charge in [-0.25, -0.2) is 4.68 Å². The second-order valence-electron chi connectivity index (χ2n) is 3.70. The Kier molecular flexibility index (Phi) is 2.68. The van der Waals surface area contributed by atoms with E-state index in [2.05, 4.69) is 10.3 Å². The number of hydrogen-bond donors (Lipinski definition) is 1. The van der Waals surface area contributed by atoms with E-state index in [0.29, 0.717) is 13.0 Å². The quantitative estimate of drug-likeness (QED) is 0.730. The highest BCUT2D eigenvalue weighted by Gasteiger charge is 2.31. The van der Waals surface area contributed by atoms with Crippen molar-refractivity contribution in [1.82, 2.24) is 19.9 Å². The zero-order chi connectivity index (χ0) is 10.8. The van der Waals surface area contributed by atoms with Crippen LogP contribution in [0.1, 0.15) is 25.1 Å². The van der Waals surface area contributed by atoms with Crippen molar-refractivity contribution in [2.75, 3.05) is 13.1 Å². The summed E-state index contributed by atoms with van der Waals surface area (Å²) >= 11 is 0. The van der Waals surface area contributed by atoms with Gasteiger partial charge in [0.05, 0.1) is 17.9 Å². The summed E-state index contributed by atoms with van der Waals surface area (Å²) in [4.78, 5) is 13.1. The summed E-state index contributed by atoms with van der Waals surface area (Å²) < 4.78 is 1.79. The number of carbonyl (C=O) groups excluding carboxylic acids is 1. The Bertz CT molecular complexity index is 355. The molecule has 0 aliphatic carbocycles. The molecule has 82 valence electrons. The summed E-state index contributed by atoms with van der Waals surface area (Å²) in [6, 6.07) is 0.272. The number of aromatic nitrogens is 3. The highest BCUT2D eigenvalue weighted by atomic mass is 16.2. The third-order valence-electron chi connectivity index (χ3n) is 2.66. The van der Waals surface area contributed by atoms with Gasteiger partial charge in [-0.1, -0.05) is 12.1 Å². The van der Waals surface area contributed by atoms with Crippen LogP contribution in [-0.2, 0) is 11.3 Å². The molecule has 0 saturated carbocycles. The Hall–Kier alpha value is -1.43. The standard InChI is InChI=1S/C9H15N5O/c1-2-9(15)13-5-8(6-13)14-4-7(3-10)11-12-14/h4,8H,2-3,5-6,10H2,1H3. The van der Waals surface area contributed by atoms with E-state index < -0.39 is 0 Å². The molecule has 2 N–H and O–H groups in total. The van der Waals surface area contributed by atoms with Gasteiger partial charge in [0.15, 0.2) is 0 Å². The Morgan fingerprint density at radius 2 is 2.40 bits per heavy atom. The van der Waals surface area contributed by atoms with Crippen LogP contribution in [0.3, 0.4) is 0 Å². The minimum absolute atomic E-state index is 0.199. The number of likely N-dealkylation sites (tertiary alicyclic amines) is 1. The lowest BCUT2D eigenvalue weighted by Crippen LogP contribution is -2.50. The molecule has 1 aliphatic rings. The number of nitrogens with two attached hydrogens (primary N) is 1. The van der Waals surface area contributed by atoms with Crippen LogP contribution in [0, 0.1) is 0 Å². The summed E-state index contributed by atoms with van der Waals surface area (Å²) in [5, 5.41) is 7.89. The third kappa shape index (κ3) is 1.85. The van der Waals surface area contributed by atoms with E-state index in [-0.39, 0.29) is 11.9 Å². The Morgan fingerprint density at radius 3 is 2.93 bits per heavy atom. The molecule has 6 heteroatoms. The van der Waals surface area contributed by atoms with Crippen LogP contribution in [0.5, 0.6) is 0 Å². The predicted octanol–water partition coefficient (Wildman–Crippen LogP) is -0.470. The average Bonchev–Trinajstić information content (AvgIpc) is 2.63. The van der Waals surface area contributed by atoms with Gasteiger partial charge in [-0.3, -0.25) is 4.79 Å². The average molecular weight is 209 g/mol. The highest BCUT2D eigenvalue weighted by molar-refractivity contribution is 5.76. The minimum atomic E-state index is 0.199. The van der Waals surface area contributed by atoms with E-state index in [0.717, 1.165) is 18.8 Å². The minimum Gasteiger partial charge on any atom is -0.338 e. The number of amides is 1. The first-order chi connectivity index (χ1) is 7.24. The Morgan fingerprint density at radius 1 is 1.67 bits per heavy atom. The third-order valence-corrected chi connectivity index (χ3v) is 2.66. The fraction of sp³-hybridized carbons (Fsp3) is 0.667. The largest absolute Gasteiger partial charge is 0.338 e. The molecule has 1 fully saturated rings. The fourth-order valence-corrected chi connectivity index (χ4v) is 1.64. The number of rotatable bonds is 3. The molecule has 0 aromatic carbocycles. The normalized spacial score (nSPS) is 16.5. The van der Waals surface area contributed by atoms with Crippen molar-refractivity contribution in [3.05, 3.63) is 11.9 Å². The molecule has 2 rings (SSSR count). The van der Waals surface area contributed by atoms with Crippen molar-refractivity contribution in [3.8, 4) is 0 Å². The van der Waals surface area contributed by atoms with E-state index >= 15 is 0 Å². The highest BCUT2D eigenvalue weighted by Crippen LogP contribution is 2.20. The maximum absolute atomic E-state index is 11.3. The van der Waals surface area contributed by atoms with E-state index in [1.165, 1.54) is 0 Å². The number of hydrogen-bond acceptors (Lipinski definition) is 4. The first-order valence-electron chi connectivity index (χ1n) is 5.13. The number of nitrogens with zero attached hydrogens (tertiary/aromatic N) is 4. The van der Waals surface area contributed by atoms with Gasteiger partial charge in [0, 0.05) is 26.1 Å². The van der Waals surface area contributed by atoms with E-state index in [4.69, 9.17) is 5.73 Å². The van der Waals surface area contributed by atoms with Gasteiger partial charge in [-0.2, -0.15) is 0 Å². The van der Waals surface area contributed by atoms with Gasteiger partial charge in [0.1, 0.15) is 0 Å². The smallest absolute Gasteiger partial charge is 0.222 e. The summed E-state index contributed by atoms with van der Waals surface area (Å²) in [5.41, 5.74) is 6.23. The summed E-state index contributed by atoms with van der Waals surface area (Å²) in [7, 11) is 0. The predicted molar refractivity (Wildman–Crippen MR) is 53.8 cm³/mol. The Balaban J connectivity index is 1.91. The van der Waals surface area contributed by atoms with Crippen LogP contribution in [0.2, 0.25) is 0 Å². The van der Waals surface area contributed by atoms with E-state index in [1.54, 1.807) is 4.68 Å². The van der Waals surface area contributed by atoms with Gasteiger partial charge in [0.25, 0.3) is 0 Å². The van der Waals surface area contributed by atoms with E-state index in [1.807, 2.05) is 18.0 Å². The first kappa shape index (κ1) is 10.1. The van der Waals surface area contributed by atoms with Crippen molar-refractivity contribution in [3.63, 3.8) is 0 Å². The molecule has 2 heterocycles. The van der Waals surface area contributed by atoms with Crippen LogP contribution in [0.25, 0.3) is 0 Å². The van der Waals surface area contributed by atoms with Crippen molar-refractivity contribution >= 4 is 5.91 Å². The monoisotopic (exact) mass is 209 g/mol. The summed E-state index contributed by atoms with van der Waals surface area (Å²) in [6.07, 6.45) is 2.41. The first-order valence-corrected chi connectivity index (χ1v) is 5.13. The number of carbonyl (C=O) groups is 1. The van der Waals surface area contributed by atoms with Gasteiger partial charge < -0.3 is 10.6 Å². The molecule has 15 heavy (non-hydrogen) atoms. The van der Waals surface area contributed by atoms with Gasteiger partial charge in [-0.05, 0) is 0 Å². The molecule has 1 aromatic rings. The zero-order valence-electron chi connectivity index (χ0n) is 8.76. The molecular formula is C9H15N5O. The van der Waals surface area contributed by atoms with Gasteiger partial charge >= 0.3 is 0 Å². The van der Waals surface area contributed by atoms with Gasteiger partial charge in [0.2, 0.25) is 5.91 Å². The molecule has 0 bridgehead atoms. The Labute approximate surface area is 88.0 Å². The molecule has 1 amide bonds.